The summed E-state index contributed by atoms with van der Waals surface area (Å²) in [5, 5.41) is 3.10. The maximum atomic E-state index is 12.5. The van der Waals surface area contributed by atoms with Crippen LogP contribution in [0.3, 0.4) is 0 Å². The van der Waals surface area contributed by atoms with Gasteiger partial charge < -0.3 is 15.0 Å². The second-order valence-electron chi connectivity index (χ2n) is 7.86. The summed E-state index contributed by atoms with van der Waals surface area (Å²) in [6.45, 7) is 4.26. The highest BCUT2D eigenvalue weighted by atomic mass is 16.5. The summed E-state index contributed by atoms with van der Waals surface area (Å²) in [6.07, 6.45) is 7.57. The number of nitrogens with one attached hydrogen (secondary N) is 1. The highest BCUT2D eigenvalue weighted by Crippen LogP contribution is 2.54. The minimum Gasteiger partial charge on any atom is -0.369 e. The summed E-state index contributed by atoms with van der Waals surface area (Å²) in [6, 6.07) is 5.51. The van der Waals surface area contributed by atoms with Crippen LogP contribution in [0.4, 0.5) is 5.95 Å². The summed E-state index contributed by atoms with van der Waals surface area (Å²) in [7, 11) is 0. The van der Waals surface area contributed by atoms with Gasteiger partial charge in [-0.1, -0.05) is 0 Å². The Balaban J connectivity index is 1.28. The molecule has 2 aromatic rings. The number of fused-ring (bicyclic) bond motifs is 1. The third-order valence-corrected chi connectivity index (χ3v) is 6.29. The molecule has 5 heterocycles. The fraction of sp³-hybridized carbons (Fsp3) is 0.500. The third kappa shape index (κ3) is 2.77. The fourth-order valence-corrected chi connectivity index (χ4v) is 4.99. The summed E-state index contributed by atoms with van der Waals surface area (Å²) in [5.41, 5.74) is 1.40. The molecule has 3 fully saturated rings. The van der Waals surface area contributed by atoms with Crippen molar-refractivity contribution in [3.63, 3.8) is 0 Å². The van der Waals surface area contributed by atoms with Crippen molar-refractivity contribution in [1.82, 2.24) is 20.3 Å². The van der Waals surface area contributed by atoms with Crippen LogP contribution in [-0.2, 0) is 4.74 Å². The minimum absolute atomic E-state index is 0.0689. The molecule has 7 heteroatoms. The number of anilines is 1. The Hall–Kier alpha value is -2.54. The molecule has 7 nitrogen and oxygen atoms in total. The smallest absolute Gasteiger partial charge is 0.252 e. The monoisotopic (exact) mass is 365 g/mol. The molecule has 0 unspecified atom stereocenters. The number of amides is 1. The number of rotatable bonds is 4. The molecule has 140 valence electrons. The predicted molar refractivity (Wildman–Crippen MR) is 99.4 cm³/mol. The number of carbonyl (C=O) groups is 1. The Morgan fingerprint density at radius 1 is 1.33 bits per heavy atom. The Morgan fingerprint density at radius 2 is 2.19 bits per heavy atom. The lowest BCUT2D eigenvalue weighted by Crippen LogP contribution is -2.41. The lowest BCUT2D eigenvalue weighted by atomic mass is 9.73. The summed E-state index contributed by atoms with van der Waals surface area (Å²) < 4.78 is 6.44. The predicted octanol–water partition coefficient (Wildman–Crippen LogP) is 1.59. The first-order valence-corrected chi connectivity index (χ1v) is 9.55. The lowest BCUT2D eigenvalue weighted by molar-refractivity contribution is 0.0141. The Labute approximate surface area is 158 Å². The van der Waals surface area contributed by atoms with E-state index in [2.05, 4.69) is 25.2 Å². The van der Waals surface area contributed by atoms with Gasteiger partial charge in [0.25, 0.3) is 5.91 Å². The highest BCUT2D eigenvalue weighted by Gasteiger charge is 2.63. The van der Waals surface area contributed by atoms with E-state index >= 15 is 0 Å². The van der Waals surface area contributed by atoms with Crippen LogP contribution in [0.5, 0.6) is 0 Å². The molecular formula is C20H23N5O2. The van der Waals surface area contributed by atoms with Crippen molar-refractivity contribution < 1.29 is 9.53 Å². The zero-order valence-electron chi connectivity index (χ0n) is 15.3. The second kappa shape index (κ2) is 6.27. The van der Waals surface area contributed by atoms with Crippen LogP contribution < -0.4 is 10.2 Å². The van der Waals surface area contributed by atoms with Gasteiger partial charge in [-0.25, -0.2) is 9.97 Å². The van der Waals surface area contributed by atoms with E-state index in [1.54, 1.807) is 18.6 Å². The van der Waals surface area contributed by atoms with Gasteiger partial charge in [0.15, 0.2) is 0 Å². The first kappa shape index (κ1) is 16.6. The molecule has 27 heavy (non-hydrogen) atoms. The van der Waals surface area contributed by atoms with Crippen LogP contribution in [0.25, 0.3) is 0 Å². The van der Waals surface area contributed by atoms with Crippen molar-refractivity contribution in [2.45, 2.75) is 31.5 Å². The normalized spacial score (nSPS) is 31.1. The van der Waals surface area contributed by atoms with Gasteiger partial charge in [-0.2, -0.15) is 0 Å². The van der Waals surface area contributed by atoms with Crippen LogP contribution in [0.2, 0.25) is 0 Å². The van der Waals surface area contributed by atoms with Gasteiger partial charge >= 0.3 is 0 Å². The Morgan fingerprint density at radius 3 is 2.96 bits per heavy atom. The van der Waals surface area contributed by atoms with Gasteiger partial charge in [0.05, 0.1) is 23.8 Å². The van der Waals surface area contributed by atoms with E-state index in [9.17, 15) is 4.79 Å². The molecule has 4 atom stereocenters. The molecule has 1 amide bonds. The van der Waals surface area contributed by atoms with E-state index in [-0.39, 0.29) is 17.6 Å². The van der Waals surface area contributed by atoms with Gasteiger partial charge in [0.1, 0.15) is 0 Å². The molecule has 3 saturated heterocycles. The fourth-order valence-electron chi connectivity index (χ4n) is 4.99. The SMILES string of the molecule is Cc1ccc(C(=O)NC[C@H]2[C@H]3CN(c4ncccn4)C[C@]34CC[C@H]2O4)cn1. The molecule has 0 saturated carbocycles. The molecule has 3 aliphatic rings. The summed E-state index contributed by atoms with van der Waals surface area (Å²) in [5.74, 6) is 1.42. The van der Waals surface area contributed by atoms with E-state index in [0.29, 0.717) is 23.9 Å². The van der Waals surface area contributed by atoms with Crippen LogP contribution in [0.15, 0.2) is 36.8 Å². The highest BCUT2D eigenvalue weighted by molar-refractivity contribution is 5.93. The molecule has 0 aromatic carbocycles. The number of carbonyl (C=O) groups excluding carboxylic acids is 1. The number of ether oxygens (including phenoxy) is 1. The van der Waals surface area contributed by atoms with Crippen molar-refractivity contribution in [2.24, 2.45) is 11.8 Å². The van der Waals surface area contributed by atoms with E-state index in [0.717, 1.165) is 37.6 Å². The molecular weight excluding hydrogens is 342 g/mol. The maximum absolute atomic E-state index is 12.5. The zero-order chi connectivity index (χ0) is 18.4. The second-order valence-corrected chi connectivity index (χ2v) is 7.86. The third-order valence-electron chi connectivity index (χ3n) is 6.29. The minimum atomic E-state index is -0.106. The van der Waals surface area contributed by atoms with E-state index < -0.39 is 0 Å². The van der Waals surface area contributed by atoms with Crippen LogP contribution in [-0.4, -0.2) is 52.2 Å². The van der Waals surface area contributed by atoms with E-state index in [4.69, 9.17) is 4.74 Å². The summed E-state index contributed by atoms with van der Waals surface area (Å²) in [4.78, 5) is 27.7. The molecule has 0 radical (unpaired) electrons. The largest absolute Gasteiger partial charge is 0.369 e. The van der Waals surface area contributed by atoms with Gasteiger partial charge in [0, 0.05) is 49.2 Å². The first-order chi connectivity index (χ1) is 13.1. The summed E-state index contributed by atoms with van der Waals surface area (Å²) >= 11 is 0. The number of nitrogens with zero attached hydrogens (tertiary/aromatic N) is 4. The van der Waals surface area contributed by atoms with E-state index in [1.165, 1.54) is 0 Å². The maximum Gasteiger partial charge on any atom is 0.252 e. The average Bonchev–Trinajstić information content (AvgIpc) is 3.36. The van der Waals surface area contributed by atoms with Gasteiger partial charge in [-0.15, -0.1) is 0 Å². The zero-order valence-corrected chi connectivity index (χ0v) is 15.3. The van der Waals surface area contributed by atoms with Crippen molar-refractivity contribution >= 4 is 11.9 Å². The molecule has 0 aliphatic carbocycles. The molecule has 1 N–H and O–H groups in total. The van der Waals surface area contributed by atoms with Crippen molar-refractivity contribution in [3.05, 3.63) is 48.0 Å². The quantitative estimate of drug-likeness (QED) is 0.886. The topological polar surface area (TPSA) is 80.2 Å². The van der Waals surface area contributed by atoms with Gasteiger partial charge in [-0.05, 0) is 38.0 Å². The lowest BCUT2D eigenvalue weighted by Gasteiger charge is -2.29. The van der Waals surface area contributed by atoms with Gasteiger partial charge in [-0.3, -0.25) is 9.78 Å². The molecule has 2 bridgehead atoms. The van der Waals surface area contributed by atoms with Crippen molar-refractivity contribution in [3.8, 4) is 0 Å². The molecule has 2 aromatic heterocycles. The Bertz CT molecular complexity index is 843. The van der Waals surface area contributed by atoms with Crippen LogP contribution in [0.1, 0.15) is 28.9 Å². The van der Waals surface area contributed by atoms with Crippen molar-refractivity contribution in [2.75, 3.05) is 24.5 Å². The first-order valence-electron chi connectivity index (χ1n) is 9.55. The number of aryl methyl sites for hydroxylation is 1. The van der Waals surface area contributed by atoms with Crippen LogP contribution >= 0.6 is 0 Å². The number of pyridine rings is 1. The number of aromatic nitrogens is 3. The van der Waals surface area contributed by atoms with Crippen molar-refractivity contribution in [1.29, 1.82) is 0 Å². The Kier molecular flexibility index (Phi) is 3.86. The van der Waals surface area contributed by atoms with E-state index in [1.807, 2.05) is 25.1 Å². The number of hydrogen-bond acceptors (Lipinski definition) is 6. The molecule has 5 rings (SSSR count). The number of hydrogen-bond donors (Lipinski definition) is 1. The van der Waals surface area contributed by atoms with Crippen LogP contribution in [0, 0.1) is 18.8 Å². The molecule has 3 aliphatic heterocycles. The van der Waals surface area contributed by atoms with Gasteiger partial charge in [0.2, 0.25) is 5.95 Å². The molecule has 1 spiro atoms. The standard InChI is InChI=1S/C20H23N5O2/c1-13-3-4-14(9-23-13)18(26)24-10-15-16-11-25(19-21-7-2-8-22-19)12-20(16)6-5-17(15)27-20/h2-4,7-9,15-17H,5-6,10-12H2,1H3,(H,24,26)/t15-,16+,17+,20+/m0/s1. The average molecular weight is 365 g/mol.